The Morgan fingerprint density at radius 1 is 1.16 bits per heavy atom. The highest BCUT2D eigenvalue weighted by Gasteiger charge is 2.02. The van der Waals surface area contributed by atoms with Gasteiger partial charge in [-0.25, -0.2) is 0 Å². The zero-order valence-corrected chi connectivity index (χ0v) is 11.8. The molecule has 0 aliphatic heterocycles. The Morgan fingerprint density at radius 2 is 1.95 bits per heavy atom. The summed E-state index contributed by atoms with van der Waals surface area (Å²) in [4.78, 5) is 0. The molecule has 19 heavy (non-hydrogen) atoms. The summed E-state index contributed by atoms with van der Waals surface area (Å²) in [6, 6.07) is 11.6. The van der Waals surface area contributed by atoms with E-state index in [-0.39, 0.29) is 0 Å². The number of halogens is 1. The first-order valence-corrected chi connectivity index (χ1v) is 6.90. The smallest absolute Gasteiger partial charge is 0.134 e. The minimum Gasteiger partial charge on any atom is -0.457 e. The molecule has 0 saturated heterocycles. The van der Waals surface area contributed by atoms with Crippen molar-refractivity contribution in [1.82, 2.24) is 5.32 Å². The van der Waals surface area contributed by atoms with Crippen LogP contribution in [-0.2, 0) is 0 Å². The molecule has 0 aliphatic rings. The molecule has 0 aliphatic carbocycles. The molecule has 0 bridgehead atoms. The van der Waals surface area contributed by atoms with Crippen molar-refractivity contribution in [3.05, 3.63) is 53.3 Å². The molecule has 0 unspecified atom stereocenters. The van der Waals surface area contributed by atoms with Gasteiger partial charge in [0, 0.05) is 17.1 Å². The van der Waals surface area contributed by atoms with E-state index in [1.807, 2.05) is 42.5 Å². The van der Waals surface area contributed by atoms with Crippen molar-refractivity contribution < 1.29 is 4.42 Å². The van der Waals surface area contributed by atoms with E-state index in [0.29, 0.717) is 0 Å². The second-order valence-corrected chi connectivity index (χ2v) is 4.75. The fraction of sp³-hybridized carbons (Fsp3) is 0.250. The SMILES string of the molecule is CCCNCC=Cc1ccc(-c2ccc(Cl)cc2)o1. The van der Waals surface area contributed by atoms with Crippen molar-refractivity contribution in [1.29, 1.82) is 0 Å². The van der Waals surface area contributed by atoms with Gasteiger partial charge in [0.05, 0.1) is 0 Å². The van der Waals surface area contributed by atoms with E-state index in [1.54, 1.807) is 0 Å². The fourth-order valence-corrected chi connectivity index (χ4v) is 1.87. The summed E-state index contributed by atoms with van der Waals surface area (Å²) in [5.74, 6) is 1.72. The molecule has 100 valence electrons. The molecule has 0 radical (unpaired) electrons. The van der Waals surface area contributed by atoms with Gasteiger partial charge in [-0.05, 0) is 55.4 Å². The van der Waals surface area contributed by atoms with Crippen molar-refractivity contribution in [3.63, 3.8) is 0 Å². The molecule has 0 fully saturated rings. The van der Waals surface area contributed by atoms with Crippen molar-refractivity contribution in [2.24, 2.45) is 0 Å². The average Bonchev–Trinajstić information content (AvgIpc) is 2.88. The van der Waals surface area contributed by atoms with E-state index < -0.39 is 0 Å². The van der Waals surface area contributed by atoms with Gasteiger partial charge in [-0.3, -0.25) is 0 Å². The minimum atomic E-state index is 0.734. The maximum absolute atomic E-state index is 5.87. The molecule has 3 heteroatoms. The van der Waals surface area contributed by atoms with E-state index in [9.17, 15) is 0 Å². The highest BCUT2D eigenvalue weighted by molar-refractivity contribution is 6.30. The summed E-state index contributed by atoms with van der Waals surface area (Å²) in [5, 5.41) is 4.04. The first-order chi connectivity index (χ1) is 9.29. The fourth-order valence-electron chi connectivity index (χ4n) is 1.75. The van der Waals surface area contributed by atoms with Gasteiger partial charge in [-0.1, -0.05) is 24.6 Å². The Kier molecular flexibility index (Phi) is 5.25. The van der Waals surface area contributed by atoms with E-state index in [1.165, 1.54) is 0 Å². The Hall–Kier alpha value is -1.51. The largest absolute Gasteiger partial charge is 0.457 e. The van der Waals surface area contributed by atoms with Crippen LogP contribution in [0.25, 0.3) is 17.4 Å². The number of hydrogen-bond acceptors (Lipinski definition) is 2. The molecule has 1 heterocycles. The Bertz CT molecular complexity index is 528. The first kappa shape index (κ1) is 13.9. The molecule has 1 N–H and O–H groups in total. The molecular weight excluding hydrogens is 258 g/mol. The average molecular weight is 276 g/mol. The standard InChI is InChI=1S/C16H18ClNO/c1-2-11-18-12-3-4-15-9-10-16(19-15)13-5-7-14(17)8-6-13/h3-10,18H,2,11-12H2,1H3. The molecule has 2 rings (SSSR count). The topological polar surface area (TPSA) is 25.2 Å². The van der Waals surface area contributed by atoms with Crippen LogP contribution >= 0.6 is 11.6 Å². The van der Waals surface area contributed by atoms with Gasteiger partial charge < -0.3 is 9.73 Å². The summed E-state index contributed by atoms with van der Waals surface area (Å²) in [7, 11) is 0. The van der Waals surface area contributed by atoms with E-state index in [2.05, 4.69) is 18.3 Å². The molecule has 0 atom stereocenters. The van der Waals surface area contributed by atoms with Crippen molar-refractivity contribution in [2.45, 2.75) is 13.3 Å². The lowest BCUT2D eigenvalue weighted by Crippen LogP contribution is -2.13. The molecule has 2 aromatic rings. The molecule has 0 spiro atoms. The lowest BCUT2D eigenvalue weighted by atomic mass is 10.2. The molecule has 0 saturated carbocycles. The Balaban J connectivity index is 1.97. The van der Waals surface area contributed by atoms with Crippen molar-refractivity contribution in [3.8, 4) is 11.3 Å². The third-order valence-corrected chi connectivity index (χ3v) is 2.98. The number of benzene rings is 1. The molecule has 2 nitrogen and oxygen atoms in total. The minimum absolute atomic E-state index is 0.734. The summed E-state index contributed by atoms with van der Waals surface area (Å²) in [6.45, 7) is 4.06. The maximum atomic E-state index is 5.87. The molecule has 1 aromatic carbocycles. The second-order valence-electron chi connectivity index (χ2n) is 4.32. The van der Waals surface area contributed by atoms with Gasteiger partial charge in [0.25, 0.3) is 0 Å². The van der Waals surface area contributed by atoms with E-state index in [0.717, 1.165) is 41.6 Å². The summed E-state index contributed by atoms with van der Waals surface area (Å²) >= 11 is 5.87. The van der Waals surface area contributed by atoms with Crippen LogP contribution in [0.2, 0.25) is 5.02 Å². The molecule has 1 aromatic heterocycles. The lowest BCUT2D eigenvalue weighted by molar-refractivity contribution is 0.571. The normalized spacial score (nSPS) is 11.3. The summed E-state index contributed by atoms with van der Waals surface area (Å²) < 4.78 is 5.76. The zero-order valence-electron chi connectivity index (χ0n) is 11.0. The number of hydrogen-bond donors (Lipinski definition) is 1. The highest BCUT2D eigenvalue weighted by Crippen LogP contribution is 2.24. The number of nitrogens with one attached hydrogen (secondary N) is 1. The van der Waals surface area contributed by atoms with E-state index >= 15 is 0 Å². The monoisotopic (exact) mass is 275 g/mol. The van der Waals surface area contributed by atoms with Crippen LogP contribution in [-0.4, -0.2) is 13.1 Å². The van der Waals surface area contributed by atoms with Crippen LogP contribution in [0.4, 0.5) is 0 Å². The summed E-state index contributed by atoms with van der Waals surface area (Å²) in [6.07, 6.45) is 5.21. The number of rotatable bonds is 6. The third-order valence-electron chi connectivity index (χ3n) is 2.73. The van der Waals surface area contributed by atoms with Gasteiger partial charge in [-0.2, -0.15) is 0 Å². The quantitative estimate of drug-likeness (QED) is 0.779. The third kappa shape index (κ3) is 4.27. The van der Waals surface area contributed by atoms with E-state index in [4.69, 9.17) is 16.0 Å². The highest BCUT2D eigenvalue weighted by atomic mass is 35.5. The first-order valence-electron chi connectivity index (χ1n) is 6.52. The van der Waals surface area contributed by atoms with Crippen LogP contribution in [0.3, 0.4) is 0 Å². The van der Waals surface area contributed by atoms with Gasteiger partial charge in [0.1, 0.15) is 11.5 Å². The van der Waals surface area contributed by atoms with Crippen LogP contribution in [0.5, 0.6) is 0 Å². The van der Waals surface area contributed by atoms with Crippen LogP contribution in [0.1, 0.15) is 19.1 Å². The Labute approximate surface area is 119 Å². The molecule has 0 amide bonds. The van der Waals surface area contributed by atoms with Crippen LogP contribution in [0.15, 0.2) is 46.9 Å². The predicted molar refractivity (Wildman–Crippen MR) is 81.3 cm³/mol. The van der Waals surface area contributed by atoms with Gasteiger partial charge in [-0.15, -0.1) is 0 Å². The second kappa shape index (κ2) is 7.17. The van der Waals surface area contributed by atoms with Gasteiger partial charge in [0.2, 0.25) is 0 Å². The van der Waals surface area contributed by atoms with Gasteiger partial charge in [0.15, 0.2) is 0 Å². The summed E-state index contributed by atoms with van der Waals surface area (Å²) in [5.41, 5.74) is 1.04. The van der Waals surface area contributed by atoms with Crippen LogP contribution < -0.4 is 5.32 Å². The Morgan fingerprint density at radius 3 is 2.68 bits per heavy atom. The zero-order chi connectivity index (χ0) is 13.5. The molecular formula is C16H18ClNO. The van der Waals surface area contributed by atoms with Gasteiger partial charge >= 0.3 is 0 Å². The van der Waals surface area contributed by atoms with Crippen LogP contribution in [0, 0.1) is 0 Å². The lowest BCUT2D eigenvalue weighted by Gasteiger charge is -1.97. The predicted octanol–water partition coefficient (Wildman–Crippen LogP) is 4.61. The van der Waals surface area contributed by atoms with Crippen molar-refractivity contribution >= 4 is 17.7 Å². The number of furan rings is 1. The van der Waals surface area contributed by atoms with Crippen molar-refractivity contribution in [2.75, 3.05) is 13.1 Å². The maximum Gasteiger partial charge on any atom is 0.134 e.